The molecule has 6 heteroatoms. The van der Waals surface area contributed by atoms with Gasteiger partial charge in [-0.05, 0) is 30.9 Å². The van der Waals surface area contributed by atoms with Crippen LogP contribution in [-0.2, 0) is 0 Å². The number of aryl methyl sites for hydroxylation is 1. The fourth-order valence-corrected chi connectivity index (χ4v) is 3.84. The molecule has 0 radical (unpaired) electrons. The van der Waals surface area contributed by atoms with Gasteiger partial charge in [0.2, 0.25) is 0 Å². The van der Waals surface area contributed by atoms with Gasteiger partial charge in [-0.3, -0.25) is 4.79 Å². The number of carbonyl (C=O) groups is 2. The van der Waals surface area contributed by atoms with Gasteiger partial charge in [-0.2, -0.15) is 0 Å². The van der Waals surface area contributed by atoms with Crippen LogP contribution in [-0.4, -0.2) is 54.5 Å². The van der Waals surface area contributed by atoms with E-state index in [0.29, 0.717) is 32.7 Å². The molecule has 1 saturated heterocycles. The molecule has 2 aromatic rings. The maximum Gasteiger partial charge on any atom is 0.317 e. The molecule has 1 aromatic carbocycles. The Morgan fingerprint density at radius 1 is 1.04 bits per heavy atom. The minimum atomic E-state index is -0.0499. The number of nitrogens with zero attached hydrogens (tertiary/aromatic N) is 2. The summed E-state index contributed by atoms with van der Waals surface area (Å²) in [6, 6.07) is 10.2. The van der Waals surface area contributed by atoms with Gasteiger partial charge < -0.3 is 15.1 Å². The lowest BCUT2D eigenvalue weighted by atomic mass is 10.0. The van der Waals surface area contributed by atoms with Crippen LogP contribution < -0.4 is 5.32 Å². The van der Waals surface area contributed by atoms with Crippen LogP contribution in [0.5, 0.6) is 0 Å². The second-order valence-corrected chi connectivity index (χ2v) is 7.06. The van der Waals surface area contributed by atoms with Gasteiger partial charge in [0.25, 0.3) is 5.91 Å². The second-order valence-electron chi connectivity index (χ2n) is 6.14. The van der Waals surface area contributed by atoms with E-state index in [0.717, 1.165) is 16.0 Å². The maximum absolute atomic E-state index is 12.9. The molecule has 5 nitrogen and oxygen atoms in total. The first kappa shape index (κ1) is 17.5. The van der Waals surface area contributed by atoms with E-state index in [4.69, 9.17) is 0 Å². The summed E-state index contributed by atoms with van der Waals surface area (Å²) in [7, 11) is 0. The number of piperazine rings is 1. The first-order valence-electron chi connectivity index (χ1n) is 8.56. The molecule has 0 unspecified atom stereocenters. The summed E-state index contributed by atoms with van der Waals surface area (Å²) in [6.07, 6.45) is 0. The Hall–Kier alpha value is -2.34. The summed E-state index contributed by atoms with van der Waals surface area (Å²) in [5.74, 6) is 0.0566. The summed E-state index contributed by atoms with van der Waals surface area (Å²) in [5.41, 5.74) is 3.26. The molecule has 1 N–H and O–H groups in total. The van der Waals surface area contributed by atoms with Crippen molar-refractivity contribution >= 4 is 23.3 Å². The highest BCUT2D eigenvalue weighted by Crippen LogP contribution is 2.30. The third-order valence-corrected chi connectivity index (χ3v) is 5.31. The third kappa shape index (κ3) is 3.85. The zero-order chi connectivity index (χ0) is 17.8. The van der Waals surface area contributed by atoms with Gasteiger partial charge in [0.05, 0.1) is 4.88 Å². The van der Waals surface area contributed by atoms with Crippen LogP contribution in [0.3, 0.4) is 0 Å². The van der Waals surface area contributed by atoms with Crippen molar-refractivity contribution in [1.82, 2.24) is 15.1 Å². The third-order valence-electron chi connectivity index (χ3n) is 4.40. The van der Waals surface area contributed by atoms with Crippen molar-refractivity contribution in [2.24, 2.45) is 0 Å². The summed E-state index contributed by atoms with van der Waals surface area (Å²) in [4.78, 5) is 29.2. The van der Waals surface area contributed by atoms with Crippen molar-refractivity contribution in [3.8, 4) is 11.1 Å². The van der Waals surface area contributed by atoms with E-state index in [1.54, 1.807) is 4.90 Å². The number of carbonyl (C=O) groups excluding carboxylic acids is 2. The van der Waals surface area contributed by atoms with E-state index in [1.165, 1.54) is 16.9 Å². The number of amides is 3. The zero-order valence-corrected chi connectivity index (χ0v) is 15.4. The van der Waals surface area contributed by atoms with Gasteiger partial charge >= 0.3 is 6.03 Å². The van der Waals surface area contributed by atoms with E-state index in [2.05, 4.69) is 36.5 Å². The molecule has 0 aliphatic carbocycles. The SMILES string of the molecule is CCNC(=O)N1CCN(C(=O)c2sccc2-c2ccc(C)cc2)CC1. The predicted octanol–water partition coefficient (Wildman–Crippen LogP) is 3.21. The molecule has 1 aliphatic rings. The van der Waals surface area contributed by atoms with Crippen LogP contribution in [0.15, 0.2) is 35.7 Å². The molecule has 0 spiro atoms. The molecule has 0 atom stereocenters. The Bertz CT molecular complexity index is 746. The minimum Gasteiger partial charge on any atom is -0.338 e. The average Bonchev–Trinajstić information content (AvgIpc) is 3.12. The van der Waals surface area contributed by atoms with Gasteiger partial charge in [0.15, 0.2) is 0 Å². The summed E-state index contributed by atoms with van der Waals surface area (Å²) in [6.45, 7) is 6.86. The Kier molecular flexibility index (Phi) is 5.38. The zero-order valence-electron chi connectivity index (χ0n) is 14.6. The number of urea groups is 1. The molecule has 2 heterocycles. The van der Waals surface area contributed by atoms with Crippen LogP contribution in [0.2, 0.25) is 0 Å². The van der Waals surface area contributed by atoms with Gasteiger partial charge in [-0.1, -0.05) is 29.8 Å². The Labute approximate surface area is 152 Å². The Balaban J connectivity index is 1.70. The molecule has 3 amide bonds. The van der Waals surface area contributed by atoms with Crippen molar-refractivity contribution < 1.29 is 9.59 Å². The lowest BCUT2D eigenvalue weighted by molar-refractivity contribution is 0.0671. The van der Waals surface area contributed by atoms with Crippen molar-refractivity contribution in [2.75, 3.05) is 32.7 Å². The summed E-state index contributed by atoms with van der Waals surface area (Å²) < 4.78 is 0. The molecule has 1 aromatic heterocycles. The van der Waals surface area contributed by atoms with Crippen LogP contribution in [0.4, 0.5) is 4.79 Å². The first-order chi connectivity index (χ1) is 12.1. The molecule has 3 rings (SSSR count). The van der Waals surface area contributed by atoms with Gasteiger partial charge in [0.1, 0.15) is 0 Å². The standard InChI is InChI=1S/C19H23N3O2S/c1-3-20-19(24)22-11-9-21(10-12-22)18(23)17-16(8-13-25-17)15-6-4-14(2)5-7-15/h4-8,13H,3,9-12H2,1-2H3,(H,20,24). The van der Waals surface area contributed by atoms with Gasteiger partial charge in [0, 0.05) is 38.3 Å². The highest BCUT2D eigenvalue weighted by molar-refractivity contribution is 7.12. The highest BCUT2D eigenvalue weighted by Gasteiger charge is 2.26. The second kappa shape index (κ2) is 7.70. The molecular weight excluding hydrogens is 334 g/mol. The highest BCUT2D eigenvalue weighted by atomic mass is 32.1. The molecular formula is C19H23N3O2S. The molecule has 1 aliphatic heterocycles. The maximum atomic E-state index is 12.9. The number of thiophene rings is 1. The van der Waals surface area contributed by atoms with Gasteiger partial charge in [-0.25, -0.2) is 4.79 Å². The van der Waals surface area contributed by atoms with Crippen LogP contribution in [0.1, 0.15) is 22.2 Å². The van der Waals surface area contributed by atoms with Crippen LogP contribution >= 0.6 is 11.3 Å². The van der Waals surface area contributed by atoms with E-state index in [9.17, 15) is 9.59 Å². The lowest BCUT2D eigenvalue weighted by Crippen LogP contribution is -2.53. The minimum absolute atomic E-state index is 0.0499. The Morgan fingerprint density at radius 2 is 1.68 bits per heavy atom. The normalized spacial score (nSPS) is 14.5. The van der Waals surface area contributed by atoms with E-state index >= 15 is 0 Å². The van der Waals surface area contributed by atoms with Crippen molar-refractivity contribution in [2.45, 2.75) is 13.8 Å². The van der Waals surface area contributed by atoms with E-state index in [-0.39, 0.29) is 11.9 Å². The monoisotopic (exact) mass is 357 g/mol. The molecule has 132 valence electrons. The smallest absolute Gasteiger partial charge is 0.317 e. The number of nitrogens with one attached hydrogen (secondary N) is 1. The van der Waals surface area contributed by atoms with Gasteiger partial charge in [-0.15, -0.1) is 11.3 Å². The average molecular weight is 357 g/mol. The van der Waals surface area contributed by atoms with Crippen molar-refractivity contribution in [3.63, 3.8) is 0 Å². The largest absolute Gasteiger partial charge is 0.338 e. The first-order valence-corrected chi connectivity index (χ1v) is 9.44. The predicted molar refractivity (Wildman–Crippen MR) is 101 cm³/mol. The summed E-state index contributed by atoms with van der Waals surface area (Å²) >= 11 is 1.48. The molecule has 1 fully saturated rings. The quantitative estimate of drug-likeness (QED) is 0.917. The number of rotatable bonds is 3. The number of hydrogen-bond acceptors (Lipinski definition) is 3. The number of hydrogen-bond donors (Lipinski definition) is 1. The van der Waals surface area contributed by atoms with Crippen molar-refractivity contribution in [1.29, 1.82) is 0 Å². The fraction of sp³-hybridized carbons (Fsp3) is 0.368. The Morgan fingerprint density at radius 3 is 2.32 bits per heavy atom. The molecule has 0 bridgehead atoms. The van der Waals surface area contributed by atoms with E-state index < -0.39 is 0 Å². The summed E-state index contributed by atoms with van der Waals surface area (Å²) in [5, 5.41) is 4.77. The van der Waals surface area contributed by atoms with E-state index in [1.807, 2.05) is 23.3 Å². The lowest BCUT2D eigenvalue weighted by Gasteiger charge is -2.34. The van der Waals surface area contributed by atoms with Crippen LogP contribution in [0, 0.1) is 6.92 Å². The fourth-order valence-electron chi connectivity index (χ4n) is 2.95. The number of benzene rings is 1. The van der Waals surface area contributed by atoms with Crippen LogP contribution in [0.25, 0.3) is 11.1 Å². The molecule has 0 saturated carbocycles. The topological polar surface area (TPSA) is 52.7 Å². The molecule has 25 heavy (non-hydrogen) atoms. The van der Waals surface area contributed by atoms with Crippen molar-refractivity contribution in [3.05, 3.63) is 46.2 Å².